The van der Waals surface area contributed by atoms with Crippen molar-refractivity contribution in [1.82, 2.24) is 0 Å². The van der Waals surface area contributed by atoms with Crippen molar-refractivity contribution >= 4 is 0 Å². The average molecular weight is 204 g/mol. The van der Waals surface area contributed by atoms with Gasteiger partial charge in [0.05, 0.1) is 0 Å². The highest BCUT2D eigenvalue weighted by molar-refractivity contribution is 4.48. The lowest BCUT2D eigenvalue weighted by molar-refractivity contribution is 0.476. The molecule has 0 spiro atoms. The number of nitrogens with two attached hydrogens (primary N) is 2. The van der Waals surface area contributed by atoms with Crippen LogP contribution < -0.4 is 11.5 Å². The summed E-state index contributed by atoms with van der Waals surface area (Å²) < 4.78 is 0. The first-order valence-corrected chi connectivity index (χ1v) is 5.86. The first kappa shape index (κ1) is 19.5. The van der Waals surface area contributed by atoms with E-state index in [0.717, 1.165) is 24.9 Å². The molecular formula is C12H32N2. The molecule has 90 valence electrons. The van der Waals surface area contributed by atoms with E-state index in [4.69, 9.17) is 11.5 Å². The maximum atomic E-state index is 4.85. The maximum absolute atomic E-state index is 4.85. The largest absolute Gasteiger partial charge is 0.331 e. The van der Waals surface area contributed by atoms with E-state index < -0.39 is 0 Å². The van der Waals surface area contributed by atoms with E-state index in [1.165, 1.54) is 12.8 Å². The van der Waals surface area contributed by atoms with Gasteiger partial charge in [-0.3, -0.25) is 0 Å². The van der Waals surface area contributed by atoms with Gasteiger partial charge >= 0.3 is 0 Å². The van der Waals surface area contributed by atoms with Crippen LogP contribution >= 0.6 is 0 Å². The van der Waals surface area contributed by atoms with Crippen LogP contribution in [0.25, 0.3) is 0 Å². The zero-order valence-electron chi connectivity index (χ0n) is 11.1. The summed E-state index contributed by atoms with van der Waals surface area (Å²) in [6.45, 7) is 14.4. The fourth-order valence-corrected chi connectivity index (χ4v) is 0.667. The Bertz CT molecular complexity index is 60.7. The molecule has 14 heavy (non-hydrogen) atoms. The summed E-state index contributed by atoms with van der Waals surface area (Å²) in [5, 5.41) is 0. The molecule has 0 heterocycles. The fraction of sp³-hybridized carbons (Fsp3) is 1.00. The molecule has 0 amide bonds. The zero-order chi connectivity index (χ0) is 12.0. The highest BCUT2D eigenvalue weighted by Crippen LogP contribution is 2.09. The Morgan fingerprint density at radius 3 is 0.929 bits per heavy atom. The van der Waals surface area contributed by atoms with Crippen LogP contribution in [-0.4, -0.2) is 13.1 Å². The van der Waals surface area contributed by atoms with Gasteiger partial charge < -0.3 is 11.5 Å². The summed E-state index contributed by atoms with van der Waals surface area (Å²) in [7, 11) is 0. The van der Waals surface area contributed by atoms with Crippen LogP contribution in [0.4, 0.5) is 0 Å². The van der Waals surface area contributed by atoms with Crippen LogP contribution in [0, 0.1) is 11.8 Å². The molecule has 0 fully saturated rings. The van der Waals surface area contributed by atoms with Crippen molar-refractivity contribution in [2.45, 2.75) is 54.4 Å². The van der Waals surface area contributed by atoms with Gasteiger partial charge in [0.2, 0.25) is 0 Å². The van der Waals surface area contributed by atoms with Crippen LogP contribution in [0.3, 0.4) is 0 Å². The van der Waals surface area contributed by atoms with Gasteiger partial charge in [-0.15, -0.1) is 0 Å². The van der Waals surface area contributed by atoms with Gasteiger partial charge in [0.15, 0.2) is 0 Å². The Hall–Kier alpha value is -0.0800. The average Bonchev–Trinajstić information content (AvgIpc) is 2.04. The van der Waals surface area contributed by atoms with Crippen molar-refractivity contribution in [3.63, 3.8) is 0 Å². The van der Waals surface area contributed by atoms with E-state index in [0.29, 0.717) is 0 Å². The van der Waals surface area contributed by atoms with Crippen molar-refractivity contribution in [3.8, 4) is 0 Å². The molecule has 0 aromatic rings. The molecule has 0 saturated carbocycles. The molecule has 2 nitrogen and oxygen atoms in total. The first-order chi connectivity index (χ1) is 6.45. The second kappa shape index (κ2) is 18.7. The molecule has 4 N–H and O–H groups in total. The molecule has 0 rings (SSSR count). The predicted molar refractivity (Wildman–Crippen MR) is 68.4 cm³/mol. The van der Waals surface area contributed by atoms with Crippen LogP contribution in [0.1, 0.15) is 54.4 Å². The zero-order valence-corrected chi connectivity index (χ0v) is 11.1. The molecule has 0 aliphatic heterocycles. The normalized spacial score (nSPS) is 9.00. The summed E-state index contributed by atoms with van der Waals surface area (Å²) in [4.78, 5) is 0. The molecular weight excluding hydrogens is 172 g/mol. The lowest BCUT2D eigenvalue weighted by Gasteiger charge is -2.05. The fourth-order valence-electron chi connectivity index (χ4n) is 0.667. The van der Waals surface area contributed by atoms with Crippen LogP contribution in [0.5, 0.6) is 0 Å². The summed E-state index contributed by atoms with van der Waals surface area (Å²) in [6, 6.07) is 0. The van der Waals surface area contributed by atoms with Crippen molar-refractivity contribution in [1.29, 1.82) is 0 Å². The Morgan fingerprint density at radius 2 is 0.857 bits per heavy atom. The standard InChI is InChI=1S/C8H18.2C2H7N/c1-7(2)5-6-8(3)4;2*1-2-3/h7-8H,5-6H2,1-4H3;2*2-3H2,1H3. The van der Waals surface area contributed by atoms with Crippen molar-refractivity contribution < 1.29 is 0 Å². The van der Waals surface area contributed by atoms with Gasteiger partial charge in [0.25, 0.3) is 0 Å². The Kier molecular flexibility index (Phi) is 26.0. The topological polar surface area (TPSA) is 52.0 Å². The van der Waals surface area contributed by atoms with Crippen LogP contribution in [-0.2, 0) is 0 Å². The molecule has 0 aromatic carbocycles. The molecule has 0 aliphatic carbocycles. The van der Waals surface area contributed by atoms with Gasteiger partial charge in [-0.25, -0.2) is 0 Å². The monoisotopic (exact) mass is 204 g/mol. The minimum atomic E-state index is 0.750. The number of hydrogen-bond donors (Lipinski definition) is 2. The smallest absolute Gasteiger partial charge is 0.0106 e. The van der Waals surface area contributed by atoms with Gasteiger partial charge in [-0.05, 0) is 24.9 Å². The highest BCUT2D eigenvalue weighted by atomic mass is 14.5. The molecule has 0 atom stereocenters. The van der Waals surface area contributed by atoms with Crippen LogP contribution in [0.2, 0.25) is 0 Å². The quantitative estimate of drug-likeness (QED) is 0.742. The molecule has 0 aliphatic rings. The molecule has 0 aromatic heterocycles. The second-order valence-electron chi connectivity index (χ2n) is 4.18. The lowest BCUT2D eigenvalue weighted by atomic mass is 10.0. The molecule has 0 saturated heterocycles. The third kappa shape index (κ3) is 58.7. The predicted octanol–water partition coefficient (Wildman–Crippen LogP) is 3.01. The van der Waals surface area contributed by atoms with E-state index in [-0.39, 0.29) is 0 Å². The van der Waals surface area contributed by atoms with E-state index >= 15 is 0 Å². The van der Waals surface area contributed by atoms with E-state index in [1.54, 1.807) is 0 Å². The van der Waals surface area contributed by atoms with Gasteiger partial charge in [0.1, 0.15) is 0 Å². The summed E-state index contributed by atoms with van der Waals surface area (Å²) in [6.07, 6.45) is 2.77. The SMILES string of the molecule is CC(C)CCC(C)C.CCN.CCN. The number of hydrogen-bond acceptors (Lipinski definition) is 2. The Balaban J connectivity index is -0.000000168. The minimum Gasteiger partial charge on any atom is -0.331 e. The van der Waals surface area contributed by atoms with Crippen molar-refractivity contribution in [2.24, 2.45) is 23.3 Å². The van der Waals surface area contributed by atoms with E-state index in [9.17, 15) is 0 Å². The highest BCUT2D eigenvalue weighted by Gasteiger charge is 1.95. The first-order valence-electron chi connectivity index (χ1n) is 5.86. The number of rotatable bonds is 3. The minimum absolute atomic E-state index is 0.750. The second-order valence-corrected chi connectivity index (χ2v) is 4.18. The Labute approximate surface area is 91.4 Å². The van der Waals surface area contributed by atoms with Crippen molar-refractivity contribution in [2.75, 3.05) is 13.1 Å². The summed E-state index contributed by atoms with van der Waals surface area (Å²) >= 11 is 0. The van der Waals surface area contributed by atoms with Crippen LogP contribution in [0.15, 0.2) is 0 Å². The molecule has 2 heteroatoms. The summed E-state index contributed by atoms with van der Waals surface area (Å²) in [5.41, 5.74) is 9.69. The van der Waals surface area contributed by atoms with Gasteiger partial charge in [-0.2, -0.15) is 0 Å². The maximum Gasteiger partial charge on any atom is -0.0106 e. The Morgan fingerprint density at radius 1 is 0.714 bits per heavy atom. The summed E-state index contributed by atoms with van der Waals surface area (Å²) in [5.74, 6) is 1.77. The van der Waals surface area contributed by atoms with Gasteiger partial charge in [-0.1, -0.05) is 54.4 Å². The molecule has 0 unspecified atom stereocenters. The van der Waals surface area contributed by atoms with Crippen molar-refractivity contribution in [3.05, 3.63) is 0 Å². The molecule has 0 bridgehead atoms. The van der Waals surface area contributed by atoms with Gasteiger partial charge in [0, 0.05) is 0 Å². The lowest BCUT2D eigenvalue weighted by Crippen LogP contribution is -1.91. The third-order valence-corrected chi connectivity index (χ3v) is 1.32. The third-order valence-electron chi connectivity index (χ3n) is 1.32. The molecule has 0 radical (unpaired) electrons. The van der Waals surface area contributed by atoms with E-state index in [2.05, 4.69) is 27.7 Å². The van der Waals surface area contributed by atoms with E-state index in [1.807, 2.05) is 13.8 Å².